The van der Waals surface area contributed by atoms with Gasteiger partial charge in [-0.15, -0.1) is 11.3 Å². The Morgan fingerprint density at radius 1 is 1.41 bits per heavy atom. The number of carbonyl (C=O) groups is 1. The number of benzene rings is 1. The molecule has 10 heteroatoms. The average molecular weight is 429 g/mol. The number of sulfonamides is 1. The van der Waals surface area contributed by atoms with Crippen LogP contribution in [0.4, 0.5) is 5.13 Å². The van der Waals surface area contributed by atoms with Gasteiger partial charge in [-0.3, -0.25) is 4.79 Å². The zero-order valence-electron chi connectivity index (χ0n) is 14.6. The Morgan fingerprint density at radius 2 is 2.26 bits per heavy atom. The van der Waals surface area contributed by atoms with E-state index < -0.39 is 10.0 Å². The normalized spacial score (nSPS) is 17.2. The van der Waals surface area contributed by atoms with Gasteiger partial charge in [0.1, 0.15) is 0 Å². The summed E-state index contributed by atoms with van der Waals surface area (Å²) in [5, 5.41) is 6.15. The van der Waals surface area contributed by atoms with E-state index in [2.05, 4.69) is 19.9 Å². The number of hydrogen-bond acceptors (Lipinski definition) is 6. The molecular weight excluding hydrogens is 408 g/mol. The molecule has 1 aliphatic rings. The van der Waals surface area contributed by atoms with Crippen molar-refractivity contribution >= 4 is 44.0 Å². The van der Waals surface area contributed by atoms with Gasteiger partial charge in [-0.05, 0) is 31.0 Å². The highest BCUT2D eigenvalue weighted by Gasteiger charge is 2.26. The molecular formula is C17H21ClN4O3S2. The molecule has 1 aromatic heterocycles. The third-order valence-electron chi connectivity index (χ3n) is 4.33. The third-order valence-corrected chi connectivity index (χ3v) is 6.83. The largest absolute Gasteiger partial charge is 0.354 e. The summed E-state index contributed by atoms with van der Waals surface area (Å²) < 4.78 is 26.8. The molecule has 3 rings (SSSR count). The summed E-state index contributed by atoms with van der Waals surface area (Å²) >= 11 is 7.41. The van der Waals surface area contributed by atoms with Crippen molar-refractivity contribution in [3.05, 3.63) is 40.9 Å². The predicted octanol–water partition coefficient (Wildman–Crippen LogP) is 2.25. The van der Waals surface area contributed by atoms with Crippen LogP contribution in [0.15, 0.2) is 40.7 Å². The first-order valence-electron chi connectivity index (χ1n) is 8.64. The van der Waals surface area contributed by atoms with Crippen LogP contribution in [-0.4, -0.2) is 45.0 Å². The van der Waals surface area contributed by atoms with Gasteiger partial charge in [-0.25, -0.2) is 18.1 Å². The maximum Gasteiger partial charge on any atom is 0.240 e. The fraction of sp³-hybridized carbons (Fsp3) is 0.412. The fourth-order valence-electron chi connectivity index (χ4n) is 2.99. The quantitative estimate of drug-likeness (QED) is 0.672. The van der Waals surface area contributed by atoms with E-state index in [0.29, 0.717) is 11.6 Å². The van der Waals surface area contributed by atoms with Crippen LogP contribution in [0.1, 0.15) is 19.3 Å². The lowest BCUT2D eigenvalue weighted by Crippen LogP contribution is -2.41. The van der Waals surface area contributed by atoms with Gasteiger partial charge >= 0.3 is 0 Å². The topological polar surface area (TPSA) is 91.4 Å². The van der Waals surface area contributed by atoms with Crippen molar-refractivity contribution in [2.75, 3.05) is 24.5 Å². The van der Waals surface area contributed by atoms with Gasteiger partial charge in [-0.1, -0.05) is 17.7 Å². The maximum absolute atomic E-state index is 12.2. The lowest BCUT2D eigenvalue weighted by atomic mass is 10.2. The maximum atomic E-state index is 12.2. The number of carbonyl (C=O) groups excluding carboxylic acids is 1. The Bertz CT molecular complexity index is 874. The molecule has 2 aromatic rings. The zero-order chi connectivity index (χ0) is 19.3. The second kappa shape index (κ2) is 9.01. The number of nitrogens with one attached hydrogen (secondary N) is 2. The second-order valence-electron chi connectivity index (χ2n) is 6.21. The Hall–Kier alpha value is -1.68. The molecule has 0 radical (unpaired) electrons. The van der Waals surface area contributed by atoms with Crippen LogP contribution in [0.2, 0.25) is 5.02 Å². The SMILES string of the molecule is O=C(CCNS(=O)(=O)c1cccc(Cl)c1)NCC1CCCN1c1nccs1. The van der Waals surface area contributed by atoms with E-state index in [9.17, 15) is 13.2 Å². The minimum atomic E-state index is -3.68. The summed E-state index contributed by atoms with van der Waals surface area (Å²) in [5.41, 5.74) is 0. The minimum Gasteiger partial charge on any atom is -0.354 e. The highest BCUT2D eigenvalue weighted by Crippen LogP contribution is 2.26. The van der Waals surface area contributed by atoms with E-state index >= 15 is 0 Å². The zero-order valence-corrected chi connectivity index (χ0v) is 17.0. The molecule has 0 saturated carbocycles. The van der Waals surface area contributed by atoms with Gasteiger partial charge in [0.2, 0.25) is 15.9 Å². The number of aromatic nitrogens is 1. The van der Waals surface area contributed by atoms with Crippen molar-refractivity contribution in [3.8, 4) is 0 Å². The lowest BCUT2D eigenvalue weighted by molar-refractivity contribution is -0.120. The highest BCUT2D eigenvalue weighted by atomic mass is 35.5. The van der Waals surface area contributed by atoms with Crippen molar-refractivity contribution in [2.24, 2.45) is 0 Å². The molecule has 1 aromatic carbocycles. The average Bonchev–Trinajstić information content (AvgIpc) is 3.31. The Balaban J connectivity index is 1.43. The van der Waals surface area contributed by atoms with E-state index in [0.717, 1.165) is 24.5 Å². The molecule has 1 amide bonds. The van der Waals surface area contributed by atoms with Crippen LogP contribution in [0.5, 0.6) is 0 Å². The van der Waals surface area contributed by atoms with E-state index in [4.69, 9.17) is 11.6 Å². The number of hydrogen-bond donors (Lipinski definition) is 2. The Kier molecular flexibility index (Phi) is 6.69. The lowest BCUT2D eigenvalue weighted by Gasteiger charge is -2.24. The first kappa shape index (κ1) is 20.1. The number of halogens is 1. The summed E-state index contributed by atoms with van der Waals surface area (Å²) in [7, 11) is -3.68. The van der Waals surface area contributed by atoms with Gasteiger partial charge in [0.15, 0.2) is 5.13 Å². The Morgan fingerprint density at radius 3 is 3.00 bits per heavy atom. The molecule has 27 heavy (non-hydrogen) atoms. The molecule has 0 aliphatic carbocycles. The first-order valence-corrected chi connectivity index (χ1v) is 11.4. The van der Waals surface area contributed by atoms with E-state index in [1.807, 2.05) is 5.38 Å². The number of thiazole rings is 1. The van der Waals surface area contributed by atoms with Crippen LogP contribution < -0.4 is 14.9 Å². The van der Waals surface area contributed by atoms with Gasteiger partial charge in [0.25, 0.3) is 0 Å². The summed E-state index contributed by atoms with van der Waals surface area (Å²) in [6.45, 7) is 1.49. The molecule has 0 bridgehead atoms. The number of rotatable bonds is 8. The van der Waals surface area contributed by atoms with E-state index in [1.54, 1.807) is 29.7 Å². The summed E-state index contributed by atoms with van der Waals surface area (Å²) in [6, 6.07) is 6.23. The van der Waals surface area contributed by atoms with Gasteiger partial charge < -0.3 is 10.2 Å². The van der Waals surface area contributed by atoms with Crippen molar-refractivity contribution < 1.29 is 13.2 Å². The van der Waals surface area contributed by atoms with Crippen molar-refractivity contribution in [1.29, 1.82) is 0 Å². The molecule has 7 nitrogen and oxygen atoms in total. The monoisotopic (exact) mass is 428 g/mol. The van der Waals surface area contributed by atoms with Gasteiger partial charge in [0, 0.05) is 48.7 Å². The van der Waals surface area contributed by atoms with Gasteiger partial charge in [0.05, 0.1) is 4.90 Å². The summed E-state index contributed by atoms with van der Waals surface area (Å²) in [5.74, 6) is -0.185. The summed E-state index contributed by atoms with van der Waals surface area (Å²) in [6.07, 6.45) is 3.92. The third kappa shape index (κ3) is 5.41. The molecule has 1 atom stereocenters. The molecule has 1 saturated heterocycles. The van der Waals surface area contributed by atoms with Crippen molar-refractivity contribution in [2.45, 2.75) is 30.2 Å². The number of anilines is 1. The summed E-state index contributed by atoms with van der Waals surface area (Å²) in [4.78, 5) is 18.7. The molecule has 1 fully saturated rings. The number of nitrogens with zero attached hydrogens (tertiary/aromatic N) is 2. The van der Waals surface area contributed by atoms with E-state index in [1.165, 1.54) is 12.1 Å². The van der Waals surface area contributed by atoms with Crippen molar-refractivity contribution in [1.82, 2.24) is 15.0 Å². The van der Waals surface area contributed by atoms with Crippen LogP contribution in [0.3, 0.4) is 0 Å². The predicted molar refractivity (Wildman–Crippen MR) is 107 cm³/mol. The molecule has 1 unspecified atom stereocenters. The second-order valence-corrected chi connectivity index (χ2v) is 9.29. The molecule has 1 aliphatic heterocycles. The van der Waals surface area contributed by atoms with Crippen molar-refractivity contribution in [3.63, 3.8) is 0 Å². The van der Waals surface area contributed by atoms with Crippen LogP contribution >= 0.6 is 22.9 Å². The fourth-order valence-corrected chi connectivity index (χ4v) is 5.07. The van der Waals surface area contributed by atoms with Crippen LogP contribution in [0, 0.1) is 0 Å². The van der Waals surface area contributed by atoms with Crippen LogP contribution in [-0.2, 0) is 14.8 Å². The molecule has 0 spiro atoms. The van der Waals surface area contributed by atoms with Gasteiger partial charge in [-0.2, -0.15) is 0 Å². The standard InChI is InChI=1S/C17H21ClN4O3S2/c18-13-3-1-5-15(11-13)27(24,25)21-7-6-16(23)20-12-14-4-2-9-22(14)17-19-8-10-26-17/h1,3,5,8,10-11,14,21H,2,4,6-7,9,12H2,(H,20,23). The highest BCUT2D eigenvalue weighted by molar-refractivity contribution is 7.89. The minimum absolute atomic E-state index is 0.0293. The van der Waals surface area contributed by atoms with Crippen LogP contribution in [0.25, 0.3) is 0 Å². The molecule has 2 N–H and O–H groups in total. The Labute approximate surface area is 167 Å². The first-order chi connectivity index (χ1) is 13.0. The number of amides is 1. The molecule has 2 heterocycles. The smallest absolute Gasteiger partial charge is 0.240 e. The van der Waals surface area contributed by atoms with E-state index in [-0.39, 0.29) is 29.8 Å². The molecule has 146 valence electrons.